The largest absolute Gasteiger partial charge is 0.329 e. The Labute approximate surface area is 128 Å². The molecule has 0 aromatic heterocycles. The van der Waals surface area contributed by atoms with Crippen molar-refractivity contribution < 1.29 is 4.39 Å². The van der Waals surface area contributed by atoms with Gasteiger partial charge in [-0.15, -0.1) is 0 Å². The average molecular weight is 292 g/mol. The predicted octanol–water partition coefficient (Wildman–Crippen LogP) is 3.95. The van der Waals surface area contributed by atoms with Gasteiger partial charge in [0, 0.05) is 18.6 Å². The number of nitrogens with two attached hydrogens (primary N) is 1. The first-order chi connectivity index (χ1) is 10.1. The summed E-state index contributed by atoms with van der Waals surface area (Å²) in [6, 6.07) is 6.98. The van der Waals surface area contributed by atoms with Crippen LogP contribution in [0.2, 0.25) is 0 Å². The molecule has 0 aliphatic heterocycles. The van der Waals surface area contributed by atoms with Crippen LogP contribution in [0.4, 0.5) is 4.39 Å². The summed E-state index contributed by atoms with van der Waals surface area (Å²) in [5.41, 5.74) is 7.35. The van der Waals surface area contributed by atoms with E-state index in [2.05, 4.69) is 18.7 Å². The molecule has 1 aromatic carbocycles. The van der Waals surface area contributed by atoms with E-state index in [-0.39, 0.29) is 11.4 Å². The highest BCUT2D eigenvalue weighted by Gasteiger charge is 2.38. The Kier molecular flexibility index (Phi) is 5.77. The first-order valence-electron chi connectivity index (χ1n) is 8.29. The Balaban J connectivity index is 2.19. The molecule has 0 saturated heterocycles. The summed E-state index contributed by atoms with van der Waals surface area (Å²) in [7, 11) is 0. The van der Waals surface area contributed by atoms with Crippen LogP contribution in [0.25, 0.3) is 0 Å². The van der Waals surface area contributed by atoms with Crippen molar-refractivity contribution in [3.8, 4) is 0 Å². The van der Waals surface area contributed by atoms with E-state index in [1.54, 1.807) is 12.1 Å². The van der Waals surface area contributed by atoms with Gasteiger partial charge in [-0.25, -0.2) is 4.39 Å². The predicted molar refractivity (Wildman–Crippen MR) is 86.5 cm³/mol. The normalized spacial score (nSPS) is 26.2. The molecular weight excluding hydrogens is 263 g/mol. The summed E-state index contributed by atoms with van der Waals surface area (Å²) in [4.78, 5) is 2.51. The van der Waals surface area contributed by atoms with Crippen LogP contribution < -0.4 is 5.73 Å². The molecule has 21 heavy (non-hydrogen) atoms. The fourth-order valence-corrected chi connectivity index (χ4v) is 3.84. The van der Waals surface area contributed by atoms with Gasteiger partial charge < -0.3 is 5.73 Å². The third kappa shape index (κ3) is 4.04. The van der Waals surface area contributed by atoms with Gasteiger partial charge in [-0.05, 0) is 49.4 Å². The Hall–Kier alpha value is -0.930. The maximum Gasteiger partial charge on any atom is 0.123 e. The standard InChI is InChI=1S/C18H29FN2/c1-3-10-21(13-16-7-4-8-17(19)11-16)18(14-20)9-5-6-15(2)12-18/h4,7-8,11,15H,3,5-6,9-10,12-14,20H2,1-2H3. The molecule has 0 bridgehead atoms. The number of hydrogen-bond acceptors (Lipinski definition) is 2. The molecule has 0 spiro atoms. The average Bonchev–Trinajstić information content (AvgIpc) is 2.47. The lowest BCUT2D eigenvalue weighted by molar-refractivity contribution is 0.0321. The van der Waals surface area contributed by atoms with E-state index in [0.717, 1.165) is 31.0 Å². The zero-order valence-electron chi connectivity index (χ0n) is 13.4. The van der Waals surface area contributed by atoms with Crippen molar-refractivity contribution in [2.24, 2.45) is 11.7 Å². The number of halogens is 1. The van der Waals surface area contributed by atoms with Crippen molar-refractivity contribution in [1.29, 1.82) is 0 Å². The van der Waals surface area contributed by atoms with Gasteiger partial charge in [0.2, 0.25) is 0 Å². The first kappa shape index (κ1) is 16.4. The van der Waals surface area contributed by atoms with Gasteiger partial charge in [-0.2, -0.15) is 0 Å². The fourth-order valence-electron chi connectivity index (χ4n) is 3.84. The molecule has 0 amide bonds. The van der Waals surface area contributed by atoms with Crippen molar-refractivity contribution in [1.82, 2.24) is 4.90 Å². The molecule has 1 fully saturated rings. The fraction of sp³-hybridized carbons (Fsp3) is 0.667. The molecule has 1 aromatic rings. The van der Waals surface area contributed by atoms with Gasteiger partial charge in [0.1, 0.15) is 5.82 Å². The van der Waals surface area contributed by atoms with Gasteiger partial charge >= 0.3 is 0 Å². The number of nitrogens with zero attached hydrogens (tertiary/aromatic N) is 1. The summed E-state index contributed by atoms with van der Waals surface area (Å²) >= 11 is 0. The minimum Gasteiger partial charge on any atom is -0.329 e. The zero-order valence-corrected chi connectivity index (χ0v) is 13.4. The molecule has 0 radical (unpaired) electrons. The van der Waals surface area contributed by atoms with Crippen LogP contribution in [0.3, 0.4) is 0 Å². The molecule has 2 nitrogen and oxygen atoms in total. The number of hydrogen-bond donors (Lipinski definition) is 1. The van der Waals surface area contributed by atoms with Gasteiger partial charge in [-0.3, -0.25) is 4.90 Å². The highest BCUT2D eigenvalue weighted by molar-refractivity contribution is 5.17. The van der Waals surface area contributed by atoms with Crippen LogP contribution in [0.15, 0.2) is 24.3 Å². The SMILES string of the molecule is CCCN(Cc1cccc(F)c1)C1(CN)CCCC(C)C1. The van der Waals surface area contributed by atoms with Crippen LogP contribution in [0.1, 0.15) is 51.5 Å². The van der Waals surface area contributed by atoms with Crippen molar-refractivity contribution in [3.05, 3.63) is 35.6 Å². The molecular formula is C18H29FN2. The molecule has 1 aliphatic carbocycles. The third-order valence-electron chi connectivity index (χ3n) is 4.87. The summed E-state index contributed by atoms with van der Waals surface area (Å²) in [6.07, 6.45) is 6.00. The van der Waals surface area contributed by atoms with E-state index in [9.17, 15) is 4.39 Å². The van der Waals surface area contributed by atoms with Gasteiger partial charge in [0.15, 0.2) is 0 Å². The lowest BCUT2D eigenvalue weighted by Gasteiger charge is -2.48. The maximum absolute atomic E-state index is 13.4. The van der Waals surface area contributed by atoms with E-state index in [1.165, 1.54) is 31.7 Å². The molecule has 2 rings (SSSR count). The first-order valence-corrected chi connectivity index (χ1v) is 8.29. The molecule has 3 heteroatoms. The van der Waals surface area contributed by atoms with Gasteiger partial charge in [0.25, 0.3) is 0 Å². The third-order valence-corrected chi connectivity index (χ3v) is 4.87. The Bertz CT molecular complexity index is 449. The number of benzene rings is 1. The molecule has 1 aliphatic rings. The molecule has 1 saturated carbocycles. The molecule has 2 atom stereocenters. The second-order valence-electron chi connectivity index (χ2n) is 6.68. The summed E-state index contributed by atoms with van der Waals surface area (Å²) in [5, 5.41) is 0. The molecule has 2 unspecified atom stereocenters. The monoisotopic (exact) mass is 292 g/mol. The van der Waals surface area contributed by atoms with E-state index < -0.39 is 0 Å². The lowest BCUT2D eigenvalue weighted by Crippen LogP contribution is -2.56. The second kappa shape index (κ2) is 7.37. The topological polar surface area (TPSA) is 29.3 Å². The van der Waals surface area contributed by atoms with Crippen molar-refractivity contribution in [2.75, 3.05) is 13.1 Å². The van der Waals surface area contributed by atoms with Crippen LogP contribution in [-0.4, -0.2) is 23.5 Å². The van der Waals surface area contributed by atoms with Crippen molar-refractivity contribution in [2.45, 2.75) is 58.0 Å². The highest BCUT2D eigenvalue weighted by Crippen LogP contribution is 2.37. The Morgan fingerprint density at radius 2 is 2.24 bits per heavy atom. The van der Waals surface area contributed by atoms with Crippen LogP contribution in [0, 0.1) is 11.7 Å². The van der Waals surface area contributed by atoms with E-state index >= 15 is 0 Å². The summed E-state index contributed by atoms with van der Waals surface area (Å²) in [6.45, 7) is 7.06. The molecule has 2 N–H and O–H groups in total. The minimum atomic E-state index is -0.150. The molecule has 0 heterocycles. The summed E-state index contributed by atoms with van der Waals surface area (Å²) in [5.74, 6) is 0.580. The quantitative estimate of drug-likeness (QED) is 0.860. The minimum absolute atomic E-state index is 0.0972. The zero-order chi connectivity index (χ0) is 15.3. The van der Waals surface area contributed by atoms with Gasteiger partial charge in [-0.1, -0.05) is 38.8 Å². The summed E-state index contributed by atoms with van der Waals surface area (Å²) < 4.78 is 13.4. The highest BCUT2D eigenvalue weighted by atomic mass is 19.1. The van der Waals surface area contributed by atoms with Crippen LogP contribution >= 0.6 is 0 Å². The van der Waals surface area contributed by atoms with Crippen molar-refractivity contribution in [3.63, 3.8) is 0 Å². The molecule has 118 valence electrons. The smallest absolute Gasteiger partial charge is 0.123 e. The second-order valence-corrected chi connectivity index (χ2v) is 6.68. The maximum atomic E-state index is 13.4. The Morgan fingerprint density at radius 1 is 1.43 bits per heavy atom. The Morgan fingerprint density at radius 3 is 2.86 bits per heavy atom. The van der Waals surface area contributed by atoms with Crippen LogP contribution in [-0.2, 0) is 6.54 Å². The van der Waals surface area contributed by atoms with Crippen LogP contribution in [0.5, 0.6) is 0 Å². The van der Waals surface area contributed by atoms with E-state index in [1.807, 2.05) is 6.07 Å². The van der Waals surface area contributed by atoms with Gasteiger partial charge in [0.05, 0.1) is 0 Å². The lowest BCUT2D eigenvalue weighted by atomic mass is 9.75. The van der Waals surface area contributed by atoms with E-state index in [0.29, 0.717) is 6.54 Å². The van der Waals surface area contributed by atoms with Crippen molar-refractivity contribution >= 4 is 0 Å². The van der Waals surface area contributed by atoms with E-state index in [4.69, 9.17) is 5.73 Å². The number of rotatable bonds is 6.